The molecule has 0 amide bonds. The van der Waals surface area contributed by atoms with E-state index in [-0.39, 0.29) is 16.6 Å². The van der Waals surface area contributed by atoms with Crippen molar-refractivity contribution in [1.82, 2.24) is 4.98 Å². The highest BCUT2D eigenvalue weighted by molar-refractivity contribution is 9.10. The minimum absolute atomic E-state index is 0.130. The average Bonchev–Trinajstić information content (AvgIpc) is 2.55. The van der Waals surface area contributed by atoms with E-state index < -0.39 is 4.92 Å². The summed E-state index contributed by atoms with van der Waals surface area (Å²) in [7, 11) is 1.43. The van der Waals surface area contributed by atoms with Crippen LogP contribution in [0.2, 0.25) is 5.15 Å². The van der Waals surface area contributed by atoms with Gasteiger partial charge in [-0.1, -0.05) is 27.5 Å². The maximum Gasteiger partial charge on any atom is 0.276 e. The van der Waals surface area contributed by atoms with Crippen LogP contribution in [0.5, 0.6) is 17.2 Å². The molecule has 0 atom stereocenters. The van der Waals surface area contributed by atoms with Gasteiger partial charge in [-0.15, -0.1) is 0 Å². The van der Waals surface area contributed by atoms with E-state index in [0.717, 1.165) is 9.86 Å². The third-order valence-corrected chi connectivity index (χ3v) is 3.93. The number of ether oxygens (including phenoxy) is 2. The second kappa shape index (κ2) is 6.62. The number of benzene rings is 2. The summed E-state index contributed by atoms with van der Waals surface area (Å²) in [6.07, 6.45) is 0. The van der Waals surface area contributed by atoms with Gasteiger partial charge in [0.05, 0.1) is 29.7 Å². The third kappa shape index (κ3) is 3.42. The number of methoxy groups -OCH3 is 1. The van der Waals surface area contributed by atoms with E-state index in [2.05, 4.69) is 20.9 Å². The molecule has 0 saturated carbocycles. The van der Waals surface area contributed by atoms with E-state index in [9.17, 15) is 10.1 Å². The van der Waals surface area contributed by atoms with Crippen LogP contribution in [0.3, 0.4) is 0 Å². The molecule has 6 nitrogen and oxygen atoms in total. The van der Waals surface area contributed by atoms with Gasteiger partial charge in [-0.25, -0.2) is 4.98 Å². The summed E-state index contributed by atoms with van der Waals surface area (Å²) >= 11 is 9.43. The van der Waals surface area contributed by atoms with E-state index in [1.165, 1.54) is 19.2 Å². The van der Waals surface area contributed by atoms with Gasteiger partial charge in [0.15, 0.2) is 0 Å². The fraction of sp³-hybridized carbons (Fsp3) is 0.0625. The van der Waals surface area contributed by atoms with Crippen LogP contribution < -0.4 is 9.47 Å². The van der Waals surface area contributed by atoms with Gasteiger partial charge in [-0.2, -0.15) is 0 Å². The van der Waals surface area contributed by atoms with Crippen LogP contribution in [0.25, 0.3) is 10.9 Å². The molecule has 0 aliphatic heterocycles. The highest BCUT2D eigenvalue weighted by Gasteiger charge is 2.14. The molecule has 0 spiro atoms. The lowest BCUT2D eigenvalue weighted by molar-refractivity contribution is -0.385. The Labute approximate surface area is 150 Å². The van der Waals surface area contributed by atoms with E-state index in [4.69, 9.17) is 21.1 Å². The molecule has 0 saturated heterocycles. The molecule has 0 radical (unpaired) electrons. The minimum atomic E-state index is -0.510. The maximum atomic E-state index is 11.0. The van der Waals surface area contributed by atoms with Crippen molar-refractivity contribution in [2.75, 3.05) is 7.11 Å². The molecule has 1 heterocycles. The van der Waals surface area contributed by atoms with Crippen LogP contribution in [-0.2, 0) is 0 Å². The number of nitro groups is 1. The second-order valence-corrected chi connectivity index (χ2v) is 6.13. The molecular weight excluding hydrogens is 400 g/mol. The molecule has 0 N–H and O–H groups in total. The van der Waals surface area contributed by atoms with E-state index in [1.807, 2.05) is 12.1 Å². The summed E-state index contributed by atoms with van der Waals surface area (Å²) < 4.78 is 11.8. The van der Waals surface area contributed by atoms with Gasteiger partial charge >= 0.3 is 0 Å². The number of halogens is 2. The fourth-order valence-corrected chi connectivity index (χ4v) is 2.74. The number of nitrogens with zero attached hydrogens (tertiary/aromatic N) is 2. The molecule has 8 heteroatoms. The number of non-ortho nitro benzene ring substituents is 1. The first-order valence-corrected chi connectivity index (χ1v) is 7.90. The van der Waals surface area contributed by atoms with Crippen LogP contribution in [0, 0.1) is 10.1 Å². The molecule has 0 bridgehead atoms. The Morgan fingerprint density at radius 2 is 1.92 bits per heavy atom. The molecule has 0 fully saturated rings. The zero-order valence-electron chi connectivity index (χ0n) is 12.3. The normalized spacial score (nSPS) is 10.6. The van der Waals surface area contributed by atoms with Crippen molar-refractivity contribution in [2.45, 2.75) is 0 Å². The number of hydrogen-bond acceptors (Lipinski definition) is 5. The van der Waals surface area contributed by atoms with E-state index in [1.54, 1.807) is 18.2 Å². The minimum Gasteiger partial charge on any atom is -0.496 e. The van der Waals surface area contributed by atoms with Gasteiger partial charge < -0.3 is 9.47 Å². The van der Waals surface area contributed by atoms with Crippen LogP contribution in [0.15, 0.2) is 46.9 Å². The molecule has 3 rings (SSSR count). The Bertz CT molecular complexity index is 949. The molecule has 3 aromatic rings. The Morgan fingerprint density at radius 1 is 1.17 bits per heavy atom. The molecule has 0 aliphatic carbocycles. The van der Waals surface area contributed by atoms with Crippen LogP contribution in [0.4, 0.5) is 5.69 Å². The topological polar surface area (TPSA) is 74.5 Å². The van der Waals surface area contributed by atoms with Crippen molar-refractivity contribution in [3.8, 4) is 17.2 Å². The van der Waals surface area contributed by atoms with E-state index >= 15 is 0 Å². The molecule has 1 aromatic heterocycles. The van der Waals surface area contributed by atoms with Crippen molar-refractivity contribution < 1.29 is 14.4 Å². The van der Waals surface area contributed by atoms with Gasteiger partial charge in [0, 0.05) is 22.0 Å². The van der Waals surface area contributed by atoms with Crippen molar-refractivity contribution in [1.29, 1.82) is 0 Å². The van der Waals surface area contributed by atoms with Gasteiger partial charge in [-0.05, 0) is 18.2 Å². The highest BCUT2D eigenvalue weighted by Crippen LogP contribution is 2.36. The molecular formula is C16H10BrClN2O4. The first-order chi connectivity index (χ1) is 11.5. The molecule has 24 heavy (non-hydrogen) atoms. The average molecular weight is 410 g/mol. The van der Waals surface area contributed by atoms with Crippen LogP contribution >= 0.6 is 27.5 Å². The summed E-state index contributed by atoms with van der Waals surface area (Å²) in [5, 5.41) is 12.0. The number of aromatic nitrogens is 1. The number of hydrogen-bond donors (Lipinski definition) is 0. The molecule has 122 valence electrons. The van der Waals surface area contributed by atoms with Crippen molar-refractivity contribution in [2.24, 2.45) is 0 Å². The largest absolute Gasteiger partial charge is 0.496 e. The molecule has 2 aromatic carbocycles. The van der Waals surface area contributed by atoms with E-state index in [0.29, 0.717) is 17.0 Å². The predicted octanol–water partition coefficient (Wildman–Crippen LogP) is 5.36. The lowest BCUT2D eigenvalue weighted by Gasteiger charge is -2.11. The van der Waals surface area contributed by atoms with Crippen molar-refractivity contribution in [3.63, 3.8) is 0 Å². The fourth-order valence-electron chi connectivity index (χ4n) is 2.19. The van der Waals surface area contributed by atoms with Gasteiger partial charge in [0.25, 0.3) is 5.69 Å². The Balaban J connectivity index is 2.11. The number of pyridine rings is 1. The second-order valence-electron chi connectivity index (χ2n) is 4.83. The van der Waals surface area contributed by atoms with Gasteiger partial charge in [-0.3, -0.25) is 10.1 Å². The number of nitro benzene ring substituents is 1. The zero-order valence-corrected chi connectivity index (χ0v) is 14.7. The summed E-state index contributed by atoms with van der Waals surface area (Å²) in [6, 6.07) is 11.2. The third-order valence-electron chi connectivity index (χ3n) is 3.24. The Hall–Kier alpha value is -2.38. The van der Waals surface area contributed by atoms with Crippen LogP contribution in [0.1, 0.15) is 0 Å². The molecule has 0 unspecified atom stereocenters. The zero-order chi connectivity index (χ0) is 17.3. The predicted molar refractivity (Wildman–Crippen MR) is 94.2 cm³/mol. The monoisotopic (exact) mass is 408 g/mol. The quantitative estimate of drug-likeness (QED) is 0.329. The Morgan fingerprint density at radius 3 is 2.62 bits per heavy atom. The Kier molecular flexibility index (Phi) is 4.55. The maximum absolute atomic E-state index is 11.0. The van der Waals surface area contributed by atoms with Crippen molar-refractivity contribution in [3.05, 3.63) is 62.2 Å². The van der Waals surface area contributed by atoms with Crippen LogP contribution in [-0.4, -0.2) is 17.0 Å². The first kappa shape index (κ1) is 16.5. The SMILES string of the molecule is COc1cc(Oc2cc(Cl)nc3ccc(Br)cc23)cc([N+](=O)[O-])c1. The summed E-state index contributed by atoms with van der Waals surface area (Å²) in [5.74, 6) is 1.03. The van der Waals surface area contributed by atoms with Gasteiger partial charge in [0.2, 0.25) is 0 Å². The number of rotatable bonds is 4. The van der Waals surface area contributed by atoms with Crippen molar-refractivity contribution >= 4 is 44.1 Å². The first-order valence-electron chi connectivity index (χ1n) is 6.73. The number of fused-ring (bicyclic) bond motifs is 1. The molecule has 0 aliphatic rings. The lowest BCUT2D eigenvalue weighted by atomic mass is 10.2. The standard InChI is InChI=1S/C16H10BrClN2O4/c1-23-11-5-10(20(21)22)6-12(7-11)24-15-8-16(18)19-14-3-2-9(17)4-13(14)15/h2-8H,1H3. The smallest absolute Gasteiger partial charge is 0.276 e. The van der Waals surface area contributed by atoms with Gasteiger partial charge in [0.1, 0.15) is 22.4 Å². The summed E-state index contributed by atoms with van der Waals surface area (Å²) in [6.45, 7) is 0. The summed E-state index contributed by atoms with van der Waals surface area (Å²) in [4.78, 5) is 14.8. The lowest BCUT2D eigenvalue weighted by Crippen LogP contribution is -1.93. The highest BCUT2D eigenvalue weighted by atomic mass is 79.9. The summed E-state index contributed by atoms with van der Waals surface area (Å²) in [5.41, 5.74) is 0.521.